The van der Waals surface area contributed by atoms with Gasteiger partial charge in [-0.05, 0) is 6.42 Å². The minimum absolute atomic E-state index is 0.0384. The number of rotatable bonds is 6. The van der Waals surface area contributed by atoms with E-state index in [1.807, 2.05) is 13.8 Å². The number of carbonyl (C=O) groups excluding carboxylic acids is 1. The van der Waals surface area contributed by atoms with E-state index in [0.717, 1.165) is 18.5 Å². The molecule has 1 aromatic heterocycles. The van der Waals surface area contributed by atoms with Crippen molar-refractivity contribution in [2.45, 2.75) is 44.0 Å². The quantitative estimate of drug-likeness (QED) is 0.236. The van der Waals surface area contributed by atoms with Crippen molar-refractivity contribution in [2.75, 3.05) is 0 Å². The van der Waals surface area contributed by atoms with Gasteiger partial charge in [-0.2, -0.15) is 0 Å². The van der Waals surface area contributed by atoms with Gasteiger partial charge in [0.1, 0.15) is 0 Å². The van der Waals surface area contributed by atoms with Crippen LogP contribution in [0.5, 0.6) is 0 Å². The third-order valence-electron chi connectivity index (χ3n) is 2.84. The summed E-state index contributed by atoms with van der Waals surface area (Å²) in [5.74, 6) is 4.61. The first-order valence-corrected chi connectivity index (χ1v) is 7.13. The van der Waals surface area contributed by atoms with E-state index in [9.17, 15) is 9.59 Å². The van der Waals surface area contributed by atoms with Crippen molar-refractivity contribution >= 4 is 17.7 Å². The van der Waals surface area contributed by atoms with Gasteiger partial charge >= 0.3 is 0 Å². The number of aryl methyl sites for hydroxylation is 1. The largest absolute Gasteiger partial charge is 0.301 e. The van der Waals surface area contributed by atoms with E-state index >= 15 is 0 Å². The summed E-state index contributed by atoms with van der Waals surface area (Å²) < 4.78 is 0. The number of thioether (sulfide) groups is 1. The molecule has 0 saturated carbocycles. The van der Waals surface area contributed by atoms with Crippen molar-refractivity contribution in [2.24, 2.45) is 11.8 Å². The van der Waals surface area contributed by atoms with Gasteiger partial charge in [-0.25, -0.2) is 10.8 Å². The normalized spacial score (nSPS) is 13.9. The molecule has 0 radical (unpaired) electrons. The number of hydrazine groups is 1. The first kappa shape index (κ1) is 15.7. The molecule has 1 amide bonds. The number of amides is 1. The fraction of sp³-hybridized carbons (Fsp3) is 0.583. The second-order valence-electron chi connectivity index (χ2n) is 4.41. The van der Waals surface area contributed by atoms with Crippen LogP contribution in [0.3, 0.4) is 0 Å². The monoisotopic (exact) mass is 284 g/mol. The van der Waals surface area contributed by atoms with Gasteiger partial charge in [0, 0.05) is 22.9 Å². The molecular weight excluding hydrogens is 264 g/mol. The molecule has 1 aromatic rings. The van der Waals surface area contributed by atoms with Crippen LogP contribution in [0.15, 0.2) is 16.0 Å². The Morgan fingerprint density at radius 1 is 1.58 bits per heavy atom. The smallest absolute Gasteiger partial charge is 0.251 e. The molecule has 7 heteroatoms. The van der Waals surface area contributed by atoms with Crippen molar-refractivity contribution in [1.82, 2.24) is 15.4 Å². The minimum Gasteiger partial charge on any atom is -0.301 e. The second-order valence-corrected chi connectivity index (χ2v) is 5.78. The number of nitrogens with two attached hydrogens (primary N) is 1. The van der Waals surface area contributed by atoms with Crippen molar-refractivity contribution in [3.63, 3.8) is 0 Å². The summed E-state index contributed by atoms with van der Waals surface area (Å²) in [5.41, 5.74) is 2.74. The number of hydrogen-bond acceptors (Lipinski definition) is 5. The van der Waals surface area contributed by atoms with Crippen LogP contribution in [0, 0.1) is 5.92 Å². The van der Waals surface area contributed by atoms with E-state index < -0.39 is 0 Å². The molecule has 2 atom stereocenters. The number of nitrogens with zero attached hydrogens (tertiary/aromatic N) is 1. The molecule has 0 fully saturated rings. The summed E-state index contributed by atoms with van der Waals surface area (Å²) in [6.07, 6.45) is 1.70. The Hall–Kier alpha value is -1.34. The molecular formula is C12H20N4O2S. The maximum atomic E-state index is 11.5. The Labute approximate surface area is 116 Å². The summed E-state index contributed by atoms with van der Waals surface area (Å²) in [4.78, 5) is 30.0. The lowest BCUT2D eigenvalue weighted by Crippen LogP contribution is -2.38. The maximum Gasteiger partial charge on any atom is 0.251 e. The molecule has 0 aromatic carbocycles. The van der Waals surface area contributed by atoms with E-state index in [4.69, 9.17) is 5.84 Å². The summed E-state index contributed by atoms with van der Waals surface area (Å²) in [6, 6.07) is 1.51. The third-order valence-corrected chi connectivity index (χ3v) is 4.03. The lowest BCUT2D eigenvalue weighted by Gasteiger charge is -2.17. The molecule has 0 saturated heterocycles. The zero-order valence-electron chi connectivity index (χ0n) is 11.4. The Kier molecular flexibility index (Phi) is 6.04. The van der Waals surface area contributed by atoms with Gasteiger partial charge in [0.2, 0.25) is 5.91 Å². The van der Waals surface area contributed by atoms with E-state index in [2.05, 4.69) is 15.4 Å². The van der Waals surface area contributed by atoms with Gasteiger partial charge in [0.05, 0.1) is 0 Å². The number of hydrogen-bond donors (Lipinski definition) is 3. The standard InChI is InChI=1S/C12H20N4O2S/c1-4-5-9-6-10(17)15-12(14-9)19-8(3)7(2)11(18)16-13/h6-8H,4-5,13H2,1-3H3,(H,16,18)(H,14,15,17). The number of carbonyl (C=O) groups is 1. The molecule has 0 aliphatic heterocycles. The Balaban J connectivity index is 2.81. The summed E-state index contributed by atoms with van der Waals surface area (Å²) in [7, 11) is 0. The summed E-state index contributed by atoms with van der Waals surface area (Å²) in [5, 5.41) is 0.503. The van der Waals surface area contributed by atoms with Crippen molar-refractivity contribution in [1.29, 1.82) is 0 Å². The molecule has 0 spiro atoms. The van der Waals surface area contributed by atoms with Crippen LogP contribution in [-0.4, -0.2) is 21.1 Å². The second kappa shape index (κ2) is 7.30. The molecule has 1 heterocycles. The summed E-state index contributed by atoms with van der Waals surface area (Å²) in [6.45, 7) is 5.72. The predicted octanol–water partition coefficient (Wildman–Crippen LogP) is 0.829. The topological polar surface area (TPSA) is 101 Å². The Morgan fingerprint density at radius 3 is 2.84 bits per heavy atom. The maximum absolute atomic E-state index is 11.5. The molecule has 4 N–H and O–H groups in total. The van der Waals surface area contributed by atoms with Gasteiger partial charge in [0.25, 0.3) is 5.56 Å². The lowest BCUT2D eigenvalue weighted by molar-refractivity contribution is -0.124. The van der Waals surface area contributed by atoms with Crippen LogP contribution in [0.1, 0.15) is 32.9 Å². The Bertz CT molecular complexity index is 489. The highest BCUT2D eigenvalue weighted by Gasteiger charge is 2.21. The molecule has 0 aliphatic carbocycles. The zero-order valence-corrected chi connectivity index (χ0v) is 12.2. The molecule has 6 nitrogen and oxygen atoms in total. The number of nitrogens with one attached hydrogen (secondary N) is 2. The van der Waals surface area contributed by atoms with Crippen LogP contribution >= 0.6 is 11.8 Å². The van der Waals surface area contributed by atoms with Crippen molar-refractivity contribution < 1.29 is 4.79 Å². The fourth-order valence-corrected chi connectivity index (χ4v) is 2.56. The van der Waals surface area contributed by atoms with Gasteiger partial charge in [-0.15, -0.1) is 0 Å². The van der Waals surface area contributed by atoms with Crippen molar-refractivity contribution in [3.8, 4) is 0 Å². The molecule has 1 rings (SSSR count). The number of H-pyrrole nitrogens is 1. The molecule has 106 valence electrons. The zero-order chi connectivity index (χ0) is 14.4. The van der Waals surface area contributed by atoms with E-state index in [0.29, 0.717) is 5.16 Å². The van der Waals surface area contributed by atoms with Crippen LogP contribution in [0.25, 0.3) is 0 Å². The highest BCUT2D eigenvalue weighted by molar-refractivity contribution is 7.99. The van der Waals surface area contributed by atoms with Crippen LogP contribution in [0.2, 0.25) is 0 Å². The van der Waals surface area contributed by atoms with Gasteiger partial charge in [-0.3, -0.25) is 15.0 Å². The van der Waals surface area contributed by atoms with Gasteiger partial charge in [0.15, 0.2) is 5.16 Å². The van der Waals surface area contributed by atoms with E-state index in [1.54, 1.807) is 6.92 Å². The fourth-order valence-electron chi connectivity index (χ4n) is 1.55. The number of aromatic amines is 1. The van der Waals surface area contributed by atoms with Crippen LogP contribution in [-0.2, 0) is 11.2 Å². The van der Waals surface area contributed by atoms with E-state index in [1.165, 1.54) is 17.8 Å². The first-order valence-electron chi connectivity index (χ1n) is 6.25. The van der Waals surface area contributed by atoms with E-state index in [-0.39, 0.29) is 22.6 Å². The molecule has 19 heavy (non-hydrogen) atoms. The average Bonchev–Trinajstić information content (AvgIpc) is 2.36. The SMILES string of the molecule is CCCc1cc(=O)[nH]c(SC(C)C(C)C(=O)NN)n1. The molecule has 0 aliphatic rings. The molecule has 2 unspecified atom stereocenters. The van der Waals surface area contributed by atoms with Gasteiger partial charge < -0.3 is 4.98 Å². The molecule has 0 bridgehead atoms. The highest BCUT2D eigenvalue weighted by Crippen LogP contribution is 2.24. The summed E-state index contributed by atoms with van der Waals surface area (Å²) >= 11 is 1.37. The first-order chi connectivity index (χ1) is 8.97. The number of aromatic nitrogens is 2. The predicted molar refractivity (Wildman–Crippen MR) is 75.7 cm³/mol. The average molecular weight is 284 g/mol. The highest BCUT2D eigenvalue weighted by atomic mass is 32.2. The Morgan fingerprint density at radius 2 is 2.26 bits per heavy atom. The minimum atomic E-state index is -0.268. The third kappa shape index (κ3) is 4.68. The van der Waals surface area contributed by atoms with Gasteiger partial charge in [-0.1, -0.05) is 39.0 Å². The van der Waals surface area contributed by atoms with Crippen LogP contribution in [0.4, 0.5) is 0 Å². The lowest BCUT2D eigenvalue weighted by atomic mass is 10.1. The van der Waals surface area contributed by atoms with Crippen molar-refractivity contribution in [3.05, 3.63) is 22.1 Å². The van der Waals surface area contributed by atoms with Crippen LogP contribution < -0.4 is 16.8 Å².